The Morgan fingerprint density at radius 1 is 1.06 bits per heavy atom. The van der Waals surface area contributed by atoms with Crippen LogP contribution in [-0.4, -0.2) is 45.0 Å². The van der Waals surface area contributed by atoms with Crippen molar-refractivity contribution in [3.63, 3.8) is 0 Å². The van der Waals surface area contributed by atoms with Gasteiger partial charge in [-0.25, -0.2) is 0 Å². The summed E-state index contributed by atoms with van der Waals surface area (Å²) in [4.78, 5) is 15.1. The summed E-state index contributed by atoms with van der Waals surface area (Å²) >= 11 is 0. The summed E-state index contributed by atoms with van der Waals surface area (Å²) in [5.41, 5.74) is 5.27. The topological polar surface area (TPSA) is 41.6 Å². The second-order valence-electron chi connectivity index (χ2n) is 9.91. The number of nitrogens with one attached hydrogen (secondary N) is 1. The Morgan fingerprint density at radius 3 is 2.28 bits per heavy atom. The van der Waals surface area contributed by atoms with Crippen LogP contribution >= 0.6 is 0 Å². The van der Waals surface area contributed by atoms with Crippen LogP contribution in [0.4, 0.5) is 0 Å². The third-order valence-corrected chi connectivity index (χ3v) is 6.30. The molecule has 1 N–H and O–H groups in total. The first-order valence-electron chi connectivity index (χ1n) is 12.3. The Kier molecular flexibility index (Phi) is 13.3. The largest absolute Gasteiger partial charge is 0.491 e. The van der Waals surface area contributed by atoms with Crippen LogP contribution in [0.2, 0.25) is 0 Å². The molecule has 1 aliphatic carbocycles. The molecule has 4 nitrogen and oxygen atoms in total. The Morgan fingerprint density at radius 2 is 1.69 bits per heavy atom. The van der Waals surface area contributed by atoms with Gasteiger partial charge in [-0.2, -0.15) is 0 Å². The van der Waals surface area contributed by atoms with Gasteiger partial charge in [0.2, 0.25) is 5.78 Å². The summed E-state index contributed by atoms with van der Waals surface area (Å²) in [6.07, 6.45) is 14.4. The van der Waals surface area contributed by atoms with Crippen molar-refractivity contribution in [2.24, 2.45) is 11.8 Å². The van der Waals surface area contributed by atoms with Gasteiger partial charge in [0.1, 0.15) is 0 Å². The van der Waals surface area contributed by atoms with Gasteiger partial charge in [0.05, 0.1) is 12.8 Å². The quantitative estimate of drug-likeness (QED) is 0.248. The van der Waals surface area contributed by atoms with Crippen molar-refractivity contribution >= 4 is 5.78 Å². The lowest BCUT2D eigenvalue weighted by Gasteiger charge is -2.31. The number of ketones is 1. The molecule has 2 atom stereocenters. The Bertz CT molecular complexity index is 709. The van der Waals surface area contributed by atoms with Crippen LogP contribution in [0.3, 0.4) is 0 Å². The molecule has 0 aromatic carbocycles. The van der Waals surface area contributed by atoms with Crippen LogP contribution in [-0.2, 0) is 9.53 Å². The highest BCUT2D eigenvalue weighted by Crippen LogP contribution is 2.33. The smallest absolute Gasteiger partial charge is 0.202 e. The van der Waals surface area contributed by atoms with Gasteiger partial charge in [0.25, 0.3) is 0 Å². The highest BCUT2D eigenvalue weighted by atomic mass is 16.5. The van der Waals surface area contributed by atoms with Crippen molar-refractivity contribution in [2.75, 3.05) is 34.3 Å². The van der Waals surface area contributed by atoms with Gasteiger partial charge < -0.3 is 15.0 Å². The van der Waals surface area contributed by atoms with Crippen molar-refractivity contribution in [3.05, 3.63) is 46.4 Å². The molecule has 0 radical (unpaired) electrons. The molecule has 0 aromatic rings. The lowest BCUT2D eigenvalue weighted by Crippen LogP contribution is -2.34. The van der Waals surface area contributed by atoms with Crippen molar-refractivity contribution in [2.45, 2.75) is 79.6 Å². The van der Waals surface area contributed by atoms with Crippen molar-refractivity contribution in [1.82, 2.24) is 10.2 Å². The number of rotatable bonds is 14. The van der Waals surface area contributed by atoms with E-state index in [2.05, 4.69) is 77.2 Å². The molecule has 32 heavy (non-hydrogen) atoms. The molecule has 182 valence electrons. The SMILES string of the molecule is COC1=C(NCCCN(C)C)C[C@@H](C/C=C(\C)CC/C=C(\C)CCC=C(C)C)C(C)C1=O. The van der Waals surface area contributed by atoms with E-state index in [0.717, 1.165) is 63.7 Å². The van der Waals surface area contributed by atoms with Crippen LogP contribution in [0, 0.1) is 11.8 Å². The molecular weight excluding hydrogens is 396 g/mol. The predicted molar refractivity (Wildman–Crippen MR) is 138 cm³/mol. The van der Waals surface area contributed by atoms with Gasteiger partial charge in [-0.3, -0.25) is 4.79 Å². The van der Waals surface area contributed by atoms with E-state index in [1.54, 1.807) is 7.11 Å². The summed E-state index contributed by atoms with van der Waals surface area (Å²) < 4.78 is 5.49. The maximum absolute atomic E-state index is 12.9. The maximum Gasteiger partial charge on any atom is 0.202 e. The molecule has 0 aliphatic heterocycles. The molecule has 1 rings (SSSR count). The fraction of sp³-hybridized carbons (Fsp3) is 0.679. The molecule has 1 unspecified atom stereocenters. The van der Waals surface area contributed by atoms with E-state index in [0.29, 0.717) is 11.7 Å². The third-order valence-electron chi connectivity index (χ3n) is 6.30. The van der Waals surface area contributed by atoms with E-state index in [1.165, 1.54) is 16.7 Å². The summed E-state index contributed by atoms with van der Waals surface area (Å²) in [5.74, 6) is 1.00. The van der Waals surface area contributed by atoms with Gasteiger partial charge >= 0.3 is 0 Å². The van der Waals surface area contributed by atoms with Crippen LogP contribution in [0.5, 0.6) is 0 Å². The van der Waals surface area contributed by atoms with Gasteiger partial charge in [0, 0.05) is 12.5 Å². The fourth-order valence-corrected chi connectivity index (χ4v) is 4.09. The minimum absolute atomic E-state index is 0.00135. The zero-order valence-electron chi connectivity index (χ0n) is 22.0. The van der Waals surface area contributed by atoms with E-state index in [1.807, 2.05) is 0 Å². The Hall–Kier alpha value is -1.81. The maximum atomic E-state index is 12.9. The van der Waals surface area contributed by atoms with Crippen LogP contribution in [0.25, 0.3) is 0 Å². The van der Waals surface area contributed by atoms with E-state index in [9.17, 15) is 4.79 Å². The fourth-order valence-electron chi connectivity index (χ4n) is 4.09. The second-order valence-corrected chi connectivity index (χ2v) is 9.91. The van der Waals surface area contributed by atoms with Crippen molar-refractivity contribution < 1.29 is 9.53 Å². The zero-order valence-corrected chi connectivity index (χ0v) is 22.0. The van der Waals surface area contributed by atoms with Crippen LogP contribution < -0.4 is 5.32 Å². The van der Waals surface area contributed by atoms with Gasteiger partial charge in [-0.15, -0.1) is 0 Å². The standard InChI is InChI=1S/C28H48N2O2/c1-21(2)12-9-13-22(3)14-10-15-23(4)16-17-25-20-26(29-18-11-19-30(6)7)28(32-8)27(31)24(25)5/h12,14,16,24-25,29H,9-11,13,15,17-20H2,1-8H3/b22-14+,23-16+/t24?,25-/m1/s1. The number of Topliss-reactive ketones (excluding diaryl/α,β-unsaturated/α-hetero) is 1. The van der Waals surface area contributed by atoms with Crippen molar-refractivity contribution in [3.8, 4) is 0 Å². The normalized spacial score (nSPS) is 20.1. The summed E-state index contributed by atoms with van der Waals surface area (Å²) in [7, 11) is 5.78. The molecule has 0 saturated carbocycles. The zero-order chi connectivity index (χ0) is 24.1. The lowest BCUT2D eigenvalue weighted by atomic mass is 9.78. The van der Waals surface area contributed by atoms with Gasteiger partial charge in [0.15, 0.2) is 5.76 Å². The van der Waals surface area contributed by atoms with Crippen molar-refractivity contribution in [1.29, 1.82) is 0 Å². The molecule has 0 bridgehead atoms. The first-order valence-corrected chi connectivity index (χ1v) is 12.3. The van der Waals surface area contributed by atoms with E-state index in [4.69, 9.17) is 4.74 Å². The van der Waals surface area contributed by atoms with E-state index in [-0.39, 0.29) is 11.7 Å². The first kappa shape index (κ1) is 28.2. The van der Waals surface area contributed by atoms with Gasteiger partial charge in [-0.05, 0) is 99.2 Å². The number of carbonyl (C=O) groups excluding carboxylic acids is 1. The number of ether oxygens (including phenoxy) is 1. The molecule has 0 saturated heterocycles. The molecule has 4 heteroatoms. The number of carbonyl (C=O) groups is 1. The molecule has 0 aromatic heterocycles. The van der Waals surface area contributed by atoms with Crippen LogP contribution in [0.15, 0.2) is 46.4 Å². The highest BCUT2D eigenvalue weighted by molar-refractivity contribution is 5.96. The number of hydrogen-bond acceptors (Lipinski definition) is 4. The lowest BCUT2D eigenvalue weighted by molar-refractivity contribution is -0.124. The minimum Gasteiger partial charge on any atom is -0.491 e. The molecule has 1 aliphatic rings. The second kappa shape index (κ2) is 15.1. The van der Waals surface area contributed by atoms with Gasteiger partial charge in [-0.1, -0.05) is 41.9 Å². The molecule has 0 amide bonds. The summed E-state index contributed by atoms with van der Waals surface area (Å²) in [6.45, 7) is 12.7. The predicted octanol–water partition coefficient (Wildman–Crippen LogP) is 6.42. The number of nitrogens with zero attached hydrogens (tertiary/aromatic N) is 1. The van der Waals surface area contributed by atoms with E-state index < -0.39 is 0 Å². The summed E-state index contributed by atoms with van der Waals surface area (Å²) in [6, 6.07) is 0. The number of hydrogen-bond donors (Lipinski definition) is 1. The highest BCUT2D eigenvalue weighted by Gasteiger charge is 2.34. The molecule has 0 fully saturated rings. The monoisotopic (exact) mass is 444 g/mol. The Balaban J connectivity index is 2.60. The Labute approximate surface area is 197 Å². The molecule has 0 heterocycles. The average molecular weight is 445 g/mol. The van der Waals surface area contributed by atoms with Crippen LogP contribution in [0.1, 0.15) is 79.6 Å². The number of allylic oxidation sites excluding steroid dienone is 8. The number of methoxy groups -OCH3 is 1. The summed E-state index contributed by atoms with van der Waals surface area (Å²) in [5, 5.41) is 3.49. The molecule has 0 spiro atoms. The third kappa shape index (κ3) is 10.7. The molecular formula is C28H48N2O2. The first-order chi connectivity index (χ1) is 15.1. The minimum atomic E-state index is -0.00135. The van der Waals surface area contributed by atoms with E-state index >= 15 is 0 Å². The average Bonchev–Trinajstić information content (AvgIpc) is 2.72.